The van der Waals surface area contributed by atoms with Crippen molar-refractivity contribution in [1.82, 2.24) is 20.0 Å². The van der Waals surface area contributed by atoms with Crippen LogP contribution in [0, 0.1) is 0 Å². The number of methoxy groups -OCH3 is 3. The molecule has 0 radical (unpaired) electrons. The molecule has 1 heterocycles. The van der Waals surface area contributed by atoms with Gasteiger partial charge in [0.1, 0.15) is 0 Å². The van der Waals surface area contributed by atoms with Crippen LogP contribution < -0.4 is 5.32 Å². The SMILES string of the molecule is COC(=O)CCNCCN1CCN(CCN(CCC(=O)OC)CCC(=O)OC)CC1. The van der Waals surface area contributed by atoms with Gasteiger partial charge in [-0.1, -0.05) is 0 Å². The van der Waals surface area contributed by atoms with Crippen molar-refractivity contribution in [3.05, 3.63) is 0 Å². The number of hydrogen-bond donors (Lipinski definition) is 1. The molecular formula is C20H38N4O6. The zero-order chi connectivity index (χ0) is 22.2. The maximum atomic E-state index is 11.4. The van der Waals surface area contributed by atoms with Gasteiger partial charge in [-0.25, -0.2) is 0 Å². The Labute approximate surface area is 179 Å². The molecule has 174 valence electrons. The minimum atomic E-state index is -0.244. The van der Waals surface area contributed by atoms with Crippen LogP contribution in [0.3, 0.4) is 0 Å². The summed E-state index contributed by atoms with van der Waals surface area (Å²) in [5, 5.41) is 3.27. The zero-order valence-corrected chi connectivity index (χ0v) is 18.7. The average molecular weight is 431 g/mol. The lowest BCUT2D eigenvalue weighted by Gasteiger charge is -2.35. The van der Waals surface area contributed by atoms with Crippen LogP contribution in [-0.4, -0.2) is 126 Å². The van der Waals surface area contributed by atoms with Crippen LogP contribution >= 0.6 is 0 Å². The summed E-state index contributed by atoms with van der Waals surface area (Å²) in [6.07, 6.45) is 1.02. The molecule has 1 saturated heterocycles. The number of carbonyl (C=O) groups excluding carboxylic acids is 3. The predicted octanol–water partition coefficient (Wildman–Crippen LogP) is -0.815. The second-order valence-corrected chi connectivity index (χ2v) is 7.25. The molecule has 1 rings (SSSR count). The molecule has 0 atom stereocenters. The van der Waals surface area contributed by atoms with E-state index in [4.69, 9.17) is 9.47 Å². The number of rotatable bonds is 15. The second-order valence-electron chi connectivity index (χ2n) is 7.25. The molecule has 1 fully saturated rings. The largest absolute Gasteiger partial charge is 0.469 e. The lowest BCUT2D eigenvalue weighted by Crippen LogP contribution is -2.50. The summed E-state index contributed by atoms with van der Waals surface area (Å²) in [7, 11) is 4.17. The Balaban J connectivity index is 2.23. The molecule has 10 heteroatoms. The van der Waals surface area contributed by atoms with Gasteiger partial charge in [-0.05, 0) is 0 Å². The van der Waals surface area contributed by atoms with E-state index in [0.717, 1.165) is 52.4 Å². The zero-order valence-electron chi connectivity index (χ0n) is 18.7. The number of carbonyl (C=O) groups is 3. The van der Waals surface area contributed by atoms with E-state index in [1.54, 1.807) is 0 Å². The number of piperazine rings is 1. The lowest BCUT2D eigenvalue weighted by atomic mass is 10.3. The Morgan fingerprint density at radius 2 is 1.17 bits per heavy atom. The minimum Gasteiger partial charge on any atom is -0.469 e. The molecule has 0 spiro atoms. The smallest absolute Gasteiger partial charge is 0.306 e. The molecule has 0 aromatic carbocycles. The third-order valence-electron chi connectivity index (χ3n) is 5.26. The fourth-order valence-corrected chi connectivity index (χ4v) is 3.21. The number of ether oxygens (including phenoxy) is 3. The van der Waals surface area contributed by atoms with Gasteiger partial charge in [0.15, 0.2) is 0 Å². The van der Waals surface area contributed by atoms with Gasteiger partial charge >= 0.3 is 17.9 Å². The van der Waals surface area contributed by atoms with Crippen LogP contribution in [0.25, 0.3) is 0 Å². The molecule has 10 nitrogen and oxygen atoms in total. The average Bonchev–Trinajstić information content (AvgIpc) is 2.78. The first-order valence-corrected chi connectivity index (χ1v) is 10.6. The summed E-state index contributed by atoms with van der Waals surface area (Å²) in [6, 6.07) is 0. The number of nitrogens with zero attached hydrogens (tertiary/aromatic N) is 3. The van der Waals surface area contributed by atoms with Crippen molar-refractivity contribution in [3.63, 3.8) is 0 Å². The normalized spacial score (nSPS) is 15.2. The van der Waals surface area contributed by atoms with Gasteiger partial charge in [0.2, 0.25) is 0 Å². The number of nitrogens with one attached hydrogen (secondary N) is 1. The predicted molar refractivity (Wildman–Crippen MR) is 112 cm³/mol. The molecule has 0 aromatic heterocycles. The maximum Gasteiger partial charge on any atom is 0.306 e. The van der Waals surface area contributed by atoms with Crippen molar-refractivity contribution >= 4 is 17.9 Å². The molecule has 0 unspecified atom stereocenters. The van der Waals surface area contributed by atoms with E-state index in [-0.39, 0.29) is 17.9 Å². The van der Waals surface area contributed by atoms with E-state index in [1.165, 1.54) is 21.3 Å². The molecule has 0 bridgehead atoms. The first-order chi connectivity index (χ1) is 14.5. The number of esters is 3. The summed E-state index contributed by atoms with van der Waals surface area (Å²) >= 11 is 0. The highest BCUT2D eigenvalue weighted by Crippen LogP contribution is 2.03. The van der Waals surface area contributed by atoms with E-state index in [0.29, 0.717) is 38.9 Å². The van der Waals surface area contributed by atoms with Crippen LogP contribution in [0.5, 0.6) is 0 Å². The van der Waals surface area contributed by atoms with E-state index in [1.807, 2.05) is 0 Å². The summed E-state index contributed by atoms with van der Waals surface area (Å²) in [4.78, 5) is 40.9. The second kappa shape index (κ2) is 16.0. The molecule has 0 amide bonds. The topological polar surface area (TPSA) is 101 Å². The number of hydrogen-bond acceptors (Lipinski definition) is 10. The van der Waals surface area contributed by atoms with Crippen LogP contribution in [0.4, 0.5) is 0 Å². The van der Waals surface area contributed by atoms with E-state index in [2.05, 4.69) is 24.8 Å². The summed E-state index contributed by atoms with van der Waals surface area (Å²) < 4.78 is 14.1. The van der Waals surface area contributed by atoms with Crippen LogP contribution in [-0.2, 0) is 28.6 Å². The molecule has 0 saturated carbocycles. The highest BCUT2D eigenvalue weighted by Gasteiger charge is 2.18. The van der Waals surface area contributed by atoms with Gasteiger partial charge in [0, 0.05) is 72.0 Å². The summed E-state index contributed by atoms with van der Waals surface area (Å²) in [6.45, 7) is 9.27. The molecule has 1 aliphatic rings. The van der Waals surface area contributed by atoms with Gasteiger partial charge in [-0.3, -0.25) is 24.2 Å². The molecular weight excluding hydrogens is 392 g/mol. The van der Waals surface area contributed by atoms with E-state index in [9.17, 15) is 14.4 Å². The first-order valence-electron chi connectivity index (χ1n) is 10.6. The Morgan fingerprint density at radius 3 is 1.67 bits per heavy atom. The summed E-state index contributed by atoms with van der Waals surface area (Å²) in [5.74, 6) is -0.679. The van der Waals surface area contributed by atoms with Gasteiger partial charge in [-0.2, -0.15) is 0 Å². The highest BCUT2D eigenvalue weighted by molar-refractivity contribution is 5.70. The molecule has 0 aliphatic carbocycles. The van der Waals surface area contributed by atoms with Gasteiger partial charge in [0.05, 0.1) is 40.6 Å². The Kier molecular flexibility index (Phi) is 14.0. The minimum absolute atomic E-state index is 0.191. The Morgan fingerprint density at radius 1 is 0.700 bits per heavy atom. The third-order valence-corrected chi connectivity index (χ3v) is 5.26. The molecule has 30 heavy (non-hydrogen) atoms. The lowest BCUT2D eigenvalue weighted by molar-refractivity contribution is -0.142. The Hall–Kier alpha value is -1.75. The third kappa shape index (κ3) is 12.1. The fourth-order valence-electron chi connectivity index (χ4n) is 3.21. The van der Waals surface area contributed by atoms with Crippen molar-refractivity contribution in [3.8, 4) is 0 Å². The maximum absolute atomic E-state index is 11.4. The van der Waals surface area contributed by atoms with Crippen molar-refractivity contribution in [2.24, 2.45) is 0 Å². The molecule has 1 aliphatic heterocycles. The summed E-state index contributed by atoms with van der Waals surface area (Å²) in [5.41, 5.74) is 0. The molecule has 0 aromatic rings. The van der Waals surface area contributed by atoms with Gasteiger partial charge in [0.25, 0.3) is 0 Å². The van der Waals surface area contributed by atoms with Crippen molar-refractivity contribution < 1.29 is 28.6 Å². The van der Waals surface area contributed by atoms with Crippen molar-refractivity contribution in [2.75, 3.05) is 93.3 Å². The monoisotopic (exact) mass is 430 g/mol. The van der Waals surface area contributed by atoms with Crippen molar-refractivity contribution in [1.29, 1.82) is 0 Å². The van der Waals surface area contributed by atoms with Crippen LogP contribution in [0.1, 0.15) is 19.3 Å². The molecule has 1 N–H and O–H groups in total. The van der Waals surface area contributed by atoms with Gasteiger partial charge in [-0.15, -0.1) is 0 Å². The van der Waals surface area contributed by atoms with E-state index < -0.39 is 0 Å². The Bertz CT molecular complexity index is 492. The van der Waals surface area contributed by atoms with Crippen LogP contribution in [0.15, 0.2) is 0 Å². The fraction of sp³-hybridized carbons (Fsp3) is 0.850. The van der Waals surface area contributed by atoms with Crippen molar-refractivity contribution in [2.45, 2.75) is 19.3 Å². The van der Waals surface area contributed by atoms with E-state index >= 15 is 0 Å². The van der Waals surface area contributed by atoms with Crippen LogP contribution in [0.2, 0.25) is 0 Å². The first kappa shape index (κ1) is 26.3. The highest BCUT2D eigenvalue weighted by atomic mass is 16.5. The standard InChI is InChI=1S/C20H38N4O6/c1-28-18(25)4-7-21-8-11-23-13-16-24(17-14-23)15-12-22(9-5-19(26)29-2)10-6-20(27)30-3/h21H,4-17H2,1-3H3. The quantitative estimate of drug-likeness (QED) is 0.202. The van der Waals surface area contributed by atoms with Gasteiger partial charge < -0.3 is 24.4 Å².